The Morgan fingerprint density at radius 3 is 2.06 bits per heavy atom. The first-order chi connectivity index (χ1) is 17.4. The van der Waals surface area contributed by atoms with Crippen molar-refractivity contribution in [2.75, 3.05) is 0 Å². The van der Waals surface area contributed by atoms with Crippen molar-refractivity contribution in [1.29, 1.82) is 0 Å². The highest BCUT2D eigenvalue weighted by Crippen LogP contribution is 2.43. The second kappa shape index (κ2) is 8.23. The fourth-order valence-electron chi connectivity index (χ4n) is 6.64. The molecule has 2 heterocycles. The van der Waals surface area contributed by atoms with Crippen LogP contribution in [0.1, 0.15) is 62.2 Å². The second-order valence-electron chi connectivity index (χ2n) is 10.2. The number of hydrogen-bond donors (Lipinski definition) is 1. The van der Waals surface area contributed by atoms with Gasteiger partial charge in [-0.2, -0.15) is 0 Å². The average Bonchev–Trinajstić information content (AvgIpc) is 3.29. The van der Waals surface area contributed by atoms with Crippen LogP contribution < -0.4 is 0 Å². The SMILES string of the molecule is [B][N+]1=C(C)C(CC)=C(C)/C1=C(/c1[nH]c(C)c(CC)c1C)c1ccc2ccc3cccc4ccc1c2c34. The highest BCUT2D eigenvalue weighted by Gasteiger charge is 2.34. The first kappa shape index (κ1) is 22.9. The minimum Gasteiger partial charge on any atom is -0.358 e. The Morgan fingerprint density at radius 1 is 0.806 bits per heavy atom. The number of rotatable bonds is 4. The van der Waals surface area contributed by atoms with E-state index in [2.05, 4.69) is 101 Å². The third-order valence-electron chi connectivity index (χ3n) is 8.43. The van der Waals surface area contributed by atoms with Crippen LogP contribution in [0, 0.1) is 13.8 Å². The Bertz CT molecular complexity index is 1780. The lowest BCUT2D eigenvalue weighted by atomic mass is 9.86. The van der Waals surface area contributed by atoms with E-state index < -0.39 is 0 Å². The van der Waals surface area contributed by atoms with Gasteiger partial charge in [-0.3, -0.25) is 4.49 Å². The van der Waals surface area contributed by atoms with Gasteiger partial charge in [-0.1, -0.05) is 68.4 Å². The zero-order valence-corrected chi connectivity index (χ0v) is 22.1. The van der Waals surface area contributed by atoms with Gasteiger partial charge in [-0.05, 0) is 82.6 Å². The molecule has 1 N–H and O–H groups in total. The average molecular weight is 467 g/mol. The van der Waals surface area contributed by atoms with E-state index in [-0.39, 0.29) is 0 Å². The summed E-state index contributed by atoms with van der Waals surface area (Å²) in [6.45, 7) is 13.3. The van der Waals surface area contributed by atoms with E-state index in [1.165, 1.54) is 77.1 Å². The number of aryl methyl sites for hydroxylation is 1. The number of hydrogen-bond acceptors (Lipinski definition) is 0. The fraction of sp³-hybridized carbons (Fsp3) is 0.242. The van der Waals surface area contributed by atoms with Crippen LogP contribution in [0.15, 0.2) is 71.4 Å². The number of aromatic nitrogens is 1. The smallest absolute Gasteiger partial charge is 0.358 e. The van der Waals surface area contributed by atoms with Crippen LogP contribution in [0.4, 0.5) is 0 Å². The van der Waals surface area contributed by atoms with Gasteiger partial charge in [-0.25, -0.2) is 0 Å². The van der Waals surface area contributed by atoms with Crippen LogP contribution in [-0.4, -0.2) is 23.2 Å². The normalized spacial score (nSPS) is 15.9. The first-order valence-electron chi connectivity index (χ1n) is 13.1. The van der Waals surface area contributed by atoms with Crippen molar-refractivity contribution >= 4 is 51.6 Å². The monoisotopic (exact) mass is 467 g/mol. The molecule has 3 heteroatoms. The molecule has 0 saturated heterocycles. The highest BCUT2D eigenvalue weighted by molar-refractivity contribution is 6.25. The maximum atomic E-state index is 6.85. The molecule has 1 aliphatic rings. The van der Waals surface area contributed by atoms with E-state index in [4.69, 9.17) is 7.98 Å². The summed E-state index contributed by atoms with van der Waals surface area (Å²) in [6.07, 6.45) is 1.96. The van der Waals surface area contributed by atoms with Gasteiger partial charge in [0.1, 0.15) is 0 Å². The van der Waals surface area contributed by atoms with Crippen molar-refractivity contribution in [3.63, 3.8) is 0 Å². The number of H-pyrrole nitrogens is 1. The van der Waals surface area contributed by atoms with Gasteiger partial charge in [-0.15, -0.1) is 0 Å². The summed E-state index contributed by atoms with van der Waals surface area (Å²) in [4.78, 5) is 3.78. The molecular weight excluding hydrogens is 435 g/mol. The summed E-state index contributed by atoms with van der Waals surface area (Å²) in [5, 5.41) is 7.79. The van der Waals surface area contributed by atoms with Crippen molar-refractivity contribution in [2.24, 2.45) is 0 Å². The third kappa shape index (κ3) is 3.02. The minimum absolute atomic E-state index is 0.962. The molecule has 6 rings (SSSR count). The van der Waals surface area contributed by atoms with Gasteiger partial charge in [0.2, 0.25) is 0 Å². The Hall–Kier alpha value is -3.59. The molecule has 4 aromatic carbocycles. The van der Waals surface area contributed by atoms with Gasteiger partial charge >= 0.3 is 7.98 Å². The van der Waals surface area contributed by atoms with E-state index >= 15 is 0 Å². The summed E-state index contributed by atoms with van der Waals surface area (Å²) < 4.78 is 1.92. The van der Waals surface area contributed by atoms with E-state index in [0.29, 0.717) is 0 Å². The van der Waals surface area contributed by atoms with Gasteiger partial charge in [0.05, 0.1) is 11.3 Å². The molecule has 5 aromatic rings. The number of allylic oxidation sites excluding steroid dienone is 2. The lowest BCUT2D eigenvalue weighted by Crippen LogP contribution is -2.13. The molecule has 0 atom stereocenters. The largest absolute Gasteiger partial charge is 0.587 e. The molecule has 0 aliphatic carbocycles. The molecule has 0 bridgehead atoms. The Balaban J connectivity index is 1.81. The Labute approximate surface area is 214 Å². The molecule has 2 nitrogen and oxygen atoms in total. The van der Waals surface area contributed by atoms with Crippen LogP contribution in [0.5, 0.6) is 0 Å². The zero-order valence-electron chi connectivity index (χ0n) is 22.1. The molecule has 1 aliphatic heterocycles. The summed E-state index contributed by atoms with van der Waals surface area (Å²) >= 11 is 0. The molecule has 2 radical (unpaired) electrons. The number of nitrogens with one attached hydrogen (secondary N) is 1. The molecular formula is C33H32BN2+. The first-order valence-corrected chi connectivity index (χ1v) is 13.1. The number of aromatic amines is 1. The lowest BCUT2D eigenvalue weighted by molar-refractivity contribution is -0.302. The molecule has 36 heavy (non-hydrogen) atoms. The summed E-state index contributed by atoms with van der Waals surface area (Å²) in [7, 11) is 6.85. The van der Waals surface area contributed by atoms with Crippen molar-refractivity contribution in [3.8, 4) is 0 Å². The van der Waals surface area contributed by atoms with Crippen LogP contribution in [0.3, 0.4) is 0 Å². The molecule has 0 unspecified atom stereocenters. The van der Waals surface area contributed by atoms with Gasteiger partial charge in [0.25, 0.3) is 0 Å². The Morgan fingerprint density at radius 2 is 1.44 bits per heavy atom. The zero-order chi connectivity index (χ0) is 25.3. The van der Waals surface area contributed by atoms with Crippen LogP contribution in [0.25, 0.3) is 37.9 Å². The van der Waals surface area contributed by atoms with Gasteiger partial charge in [0.15, 0.2) is 11.4 Å². The standard InChI is InChI=1S/C33H32BN2/c1-7-25-18(3)32(35-20(25)5)31(33-19(4)26(8-2)21(6)36(33)34)28-17-15-24-13-12-22-10-9-11-23-14-16-27(28)30(24)29(22)23/h9-17,35H,7-8H2,1-6H3/q+1. The van der Waals surface area contributed by atoms with E-state index in [1.807, 2.05) is 4.49 Å². The van der Waals surface area contributed by atoms with Crippen molar-refractivity contribution < 1.29 is 4.49 Å². The van der Waals surface area contributed by atoms with E-state index in [0.717, 1.165) is 24.3 Å². The van der Waals surface area contributed by atoms with Crippen LogP contribution >= 0.6 is 0 Å². The van der Waals surface area contributed by atoms with Crippen molar-refractivity contribution in [1.82, 2.24) is 4.98 Å². The van der Waals surface area contributed by atoms with Gasteiger partial charge < -0.3 is 4.98 Å². The topological polar surface area (TPSA) is 18.8 Å². The fourth-order valence-corrected chi connectivity index (χ4v) is 6.64. The third-order valence-corrected chi connectivity index (χ3v) is 8.43. The second-order valence-corrected chi connectivity index (χ2v) is 10.2. The number of benzene rings is 4. The van der Waals surface area contributed by atoms with Crippen molar-refractivity contribution in [3.05, 3.63) is 99.5 Å². The minimum atomic E-state index is 0.962. The predicted octanol–water partition coefficient (Wildman–Crippen LogP) is 8.15. The van der Waals surface area contributed by atoms with E-state index in [9.17, 15) is 0 Å². The molecule has 176 valence electrons. The van der Waals surface area contributed by atoms with Crippen LogP contribution in [0.2, 0.25) is 0 Å². The van der Waals surface area contributed by atoms with E-state index in [1.54, 1.807) is 0 Å². The van der Waals surface area contributed by atoms with Crippen LogP contribution in [-0.2, 0) is 6.42 Å². The molecule has 1 aromatic heterocycles. The molecule has 0 amide bonds. The summed E-state index contributed by atoms with van der Waals surface area (Å²) in [6, 6.07) is 20.2. The maximum Gasteiger partial charge on any atom is 0.587 e. The molecule has 0 spiro atoms. The summed E-state index contributed by atoms with van der Waals surface area (Å²) in [5.74, 6) is 0. The molecule has 0 saturated carbocycles. The maximum absolute atomic E-state index is 6.85. The quantitative estimate of drug-likeness (QED) is 0.203. The lowest BCUT2D eigenvalue weighted by Gasteiger charge is -2.17. The Kier molecular flexibility index (Phi) is 5.23. The number of nitrogens with zero attached hydrogens (tertiary/aromatic N) is 1. The summed E-state index contributed by atoms with van der Waals surface area (Å²) in [5.41, 5.74) is 12.4. The molecule has 0 fully saturated rings. The predicted molar refractivity (Wildman–Crippen MR) is 155 cm³/mol. The highest BCUT2D eigenvalue weighted by atomic mass is 15.0. The van der Waals surface area contributed by atoms with Gasteiger partial charge in [0, 0.05) is 23.8 Å². The van der Waals surface area contributed by atoms with Crippen molar-refractivity contribution in [2.45, 2.75) is 54.4 Å².